The number of nitrogens with one attached hydrogen (secondary N) is 2. The molecule has 0 bridgehead atoms. The minimum atomic E-state index is -0.448. The van der Waals surface area contributed by atoms with Gasteiger partial charge in [0.2, 0.25) is 5.12 Å². The van der Waals surface area contributed by atoms with E-state index in [0.717, 1.165) is 5.75 Å². The van der Waals surface area contributed by atoms with E-state index in [1.54, 1.807) is 6.07 Å². The van der Waals surface area contributed by atoms with Crippen LogP contribution >= 0.6 is 39.9 Å². The summed E-state index contributed by atoms with van der Waals surface area (Å²) in [5.41, 5.74) is 0. The van der Waals surface area contributed by atoms with Gasteiger partial charge in [0.05, 0.1) is 6.04 Å². The maximum atomic E-state index is 11.7. The molecule has 1 fully saturated rings. The topological polar surface area (TPSA) is 71.3 Å². The molecule has 2 heterocycles. The molecule has 96 valence electrons. The largest absolute Gasteiger partial charge is 0.444 e. The molecule has 1 unspecified atom stereocenters. The summed E-state index contributed by atoms with van der Waals surface area (Å²) in [5, 5.41) is 5.46. The van der Waals surface area contributed by atoms with Crippen molar-refractivity contribution < 1.29 is 14.0 Å². The molecule has 1 aliphatic rings. The summed E-state index contributed by atoms with van der Waals surface area (Å²) in [6, 6.07) is 2.83. The van der Waals surface area contributed by atoms with Gasteiger partial charge in [-0.2, -0.15) is 0 Å². The predicted molar refractivity (Wildman–Crippen MR) is 75.5 cm³/mol. The number of rotatable bonds is 2. The highest BCUT2D eigenvalue weighted by Crippen LogP contribution is 2.19. The van der Waals surface area contributed by atoms with Crippen molar-refractivity contribution in [2.75, 3.05) is 5.75 Å². The minimum Gasteiger partial charge on any atom is -0.444 e. The van der Waals surface area contributed by atoms with Crippen molar-refractivity contribution in [2.24, 2.45) is 0 Å². The van der Waals surface area contributed by atoms with Crippen LogP contribution in [0, 0.1) is 0 Å². The molecular formula is C10H9BrN2O3S2. The van der Waals surface area contributed by atoms with Gasteiger partial charge in [0.15, 0.2) is 15.5 Å². The van der Waals surface area contributed by atoms with Crippen LogP contribution < -0.4 is 10.6 Å². The molecule has 1 atom stereocenters. The van der Waals surface area contributed by atoms with E-state index in [4.69, 9.17) is 16.6 Å². The number of halogens is 1. The van der Waals surface area contributed by atoms with Crippen LogP contribution in [-0.4, -0.2) is 27.9 Å². The Balaban J connectivity index is 1.87. The summed E-state index contributed by atoms with van der Waals surface area (Å²) >= 11 is 9.34. The second-order valence-corrected chi connectivity index (χ2v) is 5.83. The highest BCUT2D eigenvalue weighted by molar-refractivity contribution is 9.10. The summed E-state index contributed by atoms with van der Waals surface area (Å²) in [7, 11) is 0. The number of carbonyl (C=O) groups excluding carboxylic acids is 2. The number of hydrogen-bond acceptors (Lipinski definition) is 5. The normalized spacial score (nSPS) is 18.7. The molecule has 18 heavy (non-hydrogen) atoms. The van der Waals surface area contributed by atoms with Gasteiger partial charge in [-0.25, -0.2) is 0 Å². The lowest BCUT2D eigenvalue weighted by Gasteiger charge is -2.12. The zero-order valence-corrected chi connectivity index (χ0v) is 12.3. The Morgan fingerprint density at radius 3 is 2.89 bits per heavy atom. The third-order valence-corrected chi connectivity index (χ3v) is 3.92. The van der Waals surface area contributed by atoms with Crippen LogP contribution in [0.25, 0.3) is 0 Å². The van der Waals surface area contributed by atoms with Crippen LogP contribution in [0.15, 0.2) is 21.2 Å². The van der Waals surface area contributed by atoms with E-state index in [9.17, 15) is 9.59 Å². The Morgan fingerprint density at radius 1 is 1.56 bits per heavy atom. The number of furan rings is 1. The number of hydrogen-bond donors (Lipinski definition) is 2. The average molecular weight is 349 g/mol. The van der Waals surface area contributed by atoms with Crippen LogP contribution in [-0.2, 0) is 4.79 Å². The lowest BCUT2D eigenvalue weighted by Crippen LogP contribution is -2.45. The Labute approximate surface area is 121 Å². The van der Waals surface area contributed by atoms with E-state index in [1.165, 1.54) is 17.8 Å². The quantitative estimate of drug-likeness (QED) is 0.792. The van der Waals surface area contributed by atoms with Crippen molar-refractivity contribution in [1.29, 1.82) is 0 Å². The Morgan fingerprint density at radius 2 is 2.33 bits per heavy atom. The zero-order valence-electron chi connectivity index (χ0n) is 9.07. The van der Waals surface area contributed by atoms with Crippen LogP contribution in [0.1, 0.15) is 17.0 Å². The van der Waals surface area contributed by atoms with Crippen LogP contribution in [0.2, 0.25) is 0 Å². The molecular weight excluding hydrogens is 340 g/mol. The Hall–Kier alpha value is -0.860. The molecule has 1 aliphatic heterocycles. The van der Waals surface area contributed by atoms with E-state index < -0.39 is 5.91 Å². The highest BCUT2D eigenvalue weighted by atomic mass is 79.9. The second kappa shape index (κ2) is 5.85. The number of amides is 1. The molecule has 1 aromatic heterocycles. The second-order valence-electron chi connectivity index (χ2n) is 3.54. The van der Waals surface area contributed by atoms with E-state index >= 15 is 0 Å². The molecule has 8 heteroatoms. The first-order valence-electron chi connectivity index (χ1n) is 5.10. The van der Waals surface area contributed by atoms with Gasteiger partial charge in [0, 0.05) is 5.75 Å². The average Bonchev–Trinajstić information content (AvgIpc) is 2.89. The van der Waals surface area contributed by atoms with Crippen molar-refractivity contribution in [3.63, 3.8) is 0 Å². The molecule has 1 saturated heterocycles. The monoisotopic (exact) mass is 348 g/mol. The predicted octanol–water partition coefficient (Wildman–Crippen LogP) is 1.68. The van der Waals surface area contributed by atoms with Gasteiger partial charge in [0.25, 0.3) is 5.91 Å². The van der Waals surface area contributed by atoms with Crippen molar-refractivity contribution in [1.82, 2.24) is 10.6 Å². The fraction of sp³-hybridized carbons (Fsp3) is 0.300. The summed E-state index contributed by atoms with van der Waals surface area (Å²) in [4.78, 5) is 23.1. The van der Waals surface area contributed by atoms with Crippen molar-refractivity contribution in [3.8, 4) is 0 Å². The lowest BCUT2D eigenvalue weighted by atomic mass is 10.2. The molecule has 0 aromatic carbocycles. The zero-order chi connectivity index (χ0) is 13.1. The fourth-order valence-electron chi connectivity index (χ4n) is 1.42. The van der Waals surface area contributed by atoms with Crippen LogP contribution in [0.4, 0.5) is 0 Å². The third-order valence-electron chi connectivity index (χ3n) is 2.26. The first kappa shape index (κ1) is 13.6. The van der Waals surface area contributed by atoms with Gasteiger partial charge >= 0.3 is 0 Å². The van der Waals surface area contributed by atoms with Gasteiger partial charge in [-0.1, -0.05) is 11.8 Å². The van der Waals surface area contributed by atoms with Crippen LogP contribution in [0.5, 0.6) is 0 Å². The van der Waals surface area contributed by atoms with Gasteiger partial charge in [0.1, 0.15) is 0 Å². The molecule has 0 radical (unpaired) electrons. The van der Waals surface area contributed by atoms with Crippen molar-refractivity contribution in [2.45, 2.75) is 12.5 Å². The van der Waals surface area contributed by atoms with Crippen LogP contribution in [0.3, 0.4) is 0 Å². The fourth-order valence-corrected chi connectivity index (χ4v) is 2.90. The molecule has 0 saturated carbocycles. The molecule has 0 aliphatic carbocycles. The summed E-state index contributed by atoms with van der Waals surface area (Å²) in [6.45, 7) is 0. The summed E-state index contributed by atoms with van der Waals surface area (Å²) in [6.07, 6.45) is 0.714. The third kappa shape index (κ3) is 3.33. The van der Waals surface area contributed by atoms with Gasteiger partial charge in [-0.15, -0.1) is 0 Å². The van der Waals surface area contributed by atoms with E-state index in [0.29, 0.717) is 11.1 Å². The summed E-state index contributed by atoms with van der Waals surface area (Å²) < 4.78 is 5.55. The van der Waals surface area contributed by atoms with Gasteiger partial charge in [-0.3, -0.25) is 14.9 Å². The molecule has 2 rings (SSSR count). The smallest absolute Gasteiger partial charge is 0.293 e. The van der Waals surface area contributed by atoms with Crippen molar-refractivity contribution in [3.05, 3.63) is 22.6 Å². The maximum Gasteiger partial charge on any atom is 0.293 e. The highest BCUT2D eigenvalue weighted by Gasteiger charge is 2.26. The maximum absolute atomic E-state index is 11.7. The molecule has 1 aromatic rings. The summed E-state index contributed by atoms with van der Waals surface area (Å²) in [5.74, 6) is 0.479. The van der Waals surface area contributed by atoms with Crippen molar-refractivity contribution >= 4 is 56.0 Å². The Kier molecular flexibility index (Phi) is 4.41. The number of carbonyl (C=O) groups is 2. The van der Waals surface area contributed by atoms with Gasteiger partial charge in [-0.05, 0) is 46.7 Å². The SMILES string of the molecule is O=C(NC(=S)NC1CCSC1=O)c1ccc(Br)o1. The lowest BCUT2D eigenvalue weighted by molar-refractivity contribution is -0.111. The van der Waals surface area contributed by atoms with Gasteiger partial charge < -0.3 is 9.73 Å². The van der Waals surface area contributed by atoms with E-state index in [2.05, 4.69) is 26.6 Å². The minimum absolute atomic E-state index is 0.0485. The standard InChI is InChI=1S/C10H9BrN2O3S2/c11-7-2-1-6(16-7)8(14)13-10(17)12-5-3-4-18-9(5)15/h1-2,5H,3-4H2,(H2,12,13,14,17). The molecule has 1 amide bonds. The molecule has 5 nitrogen and oxygen atoms in total. The Bertz CT molecular complexity index is 503. The molecule has 2 N–H and O–H groups in total. The van der Waals surface area contributed by atoms with E-state index in [-0.39, 0.29) is 22.0 Å². The first-order chi connectivity index (χ1) is 8.56. The molecule has 0 spiro atoms. The number of thioether (sulfide) groups is 1. The first-order valence-corrected chi connectivity index (χ1v) is 7.29. The van der Waals surface area contributed by atoms with E-state index in [1.807, 2.05) is 0 Å². The number of thiocarbonyl (C=S) groups is 1.